The zero-order valence-corrected chi connectivity index (χ0v) is 13.1. The van der Waals surface area contributed by atoms with E-state index in [-0.39, 0.29) is 5.60 Å². The molecule has 3 fully saturated rings. The van der Waals surface area contributed by atoms with Crippen LogP contribution in [0.25, 0.3) is 0 Å². The summed E-state index contributed by atoms with van der Waals surface area (Å²) >= 11 is 0. The second-order valence-electron chi connectivity index (χ2n) is 7.60. The van der Waals surface area contributed by atoms with Gasteiger partial charge in [-0.1, -0.05) is 19.8 Å². The maximum atomic E-state index is 10.2. The molecule has 2 atom stereocenters. The minimum absolute atomic E-state index is 0.366. The zero-order valence-electron chi connectivity index (χ0n) is 13.1. The Morgan fingerprint density at radius 2 is 1.75 bits per heavy atom. The Morgan fingerprint density at radius 1 is 1.05 bits per heavy atom. The van der Waals surface area contributed by atoms with Crippen molar-refractivity contribution < 1.29 is 5.11 Å². The standard InChI is InChI=1S/C17H32N2O/c1-14-5-2-3-6-16(14)19-11-7-15(8-12-19)18-13-17(20)9-4-10-17/h14-16,18,20H,2-13H2,1H3. The lowest BCUT2D eigenvalue weighted by Gasteiger charge is -2.43. The highest BCUT2D eigenvalue weighted by molar-refractivity contribution is 4.92. The second kappa shape index (κ2) is 6.33. The van der Waals surface area contributed by atoms with E-state index in [2.05, 4.69) is 17.1 Å². The van der Waals surface area contributed by atoms with Crippen LogP contribution in [-0.4, -0.2) is 47.3 Å². The van der Waals surface area contributed by atoms with Gasteiger partial charge < -0.3 is 15.3 Å². The molecular weight excluding hydrogens is 248 g/mol. The van der Waals surface area contributed by atoms with E-state index >= 15 is 0 Å². The minimum atomic E-state index is -0.366. The highest BCUT2D eigenvalue weighted by Gasteiger charge is 2.35. The highest BCUT2D eigenvalue weighted by Crippen LogP contribution is 2.32. The van der Waals surface area contributed by atoms with Crippen molar-refractivity contribution in [3.05, 3.63) is 0 Å². The Bertz CT molecular complexity index is 308. The van der Waals surface area contributed by atoms with Crippen molar-refractivity contribution in [2.45, 2.75) is 82.4 Å². The molecule has 0 amide bonds. The Balaban J connectivity index is 1.40. The molecule has 3 nitrogen and oxygen atoms in total. The van der Waals surface area contributed by atoms with Gasteiger partial charge in [-0.3, -0.25) is 0 Å². The van der Waals surface area contributed by atoms with E-state index in [1.807, 2.05) is 0 Å². The van der Waals surface area contributed by atoms with Gasteiger partial charge in [0, 0.05) is 18.6 Å². The van der Waals surface area contributed by atoms with E-state index in [9.17, 15) is 5.11 Å². The first-order valence-electron chi connectivity index (χ1n) is 8.86. The summed E-state index contributed by atoms with van der Waals surface area (Å²) in [6.45, 7) is 5.77. The SMILES string of the molecule is CC1CCCCC1N1CCC(NCC2(O)CCC2)CC1. The number of nitrogens with one attached hydrogen (secondary N) is 1. The van der Waals surface area contributed by atoms with Crippen LogP contribution in [0, 0.1) is 5.92 Å². The predicted octanol–water partition coefficient (Wildman–Crippen LogP) is 2.53. The second-order valence-corrected chi connectivity index (χ2v) is 7.60. The zero-order chi connectivity index (χ0) is 14.0. The molecule has 116 valence electrons. The lowest BCUT2D eigenvalue weighted by Crippen LogP contribution is -2.53. The average Bonchev–Trinajstić information content (AvgIpc) is 2.44. The van der Waals surface area contributed by atoms with Crippen LogP contribution in [0.2, 0.25) is 0 Å². The van der Waals surface area contributed by atoms with Gasteiger partial charge in [0.15, 0.2) is 0 Å². The van der Waals surface area contributed by atoms with Crippen molar-refractivity contribution in [1.29, 1.82) is 0 Å². The molecule has 0 aromatic rings. The third kappa shape index (κ3) is 3.37. The van der Waals surface area contributed by atoms with Crippen LogP contribution < -0.4 is 5.32 Å². The van der Waals surface area contributed by atoms with Crippen molar-refractivity contribution in [2.75, 3.05) is 19.6 Å². The van der Waals surface area contributed by atoms with E-state index in [0.717, 1.165) is 31.3 Å². The fourth-order valence-electron chi connectivity index (χ4n) is 4.37. The molecule has 0 aromatic heterocycles. The van der Waals surface area contributed by atoms with E-state index < -0.39 is 0 Å². The Kier molecular flexibility index (Phi) is 4.68. The third-order valence-corrected chi connectivity index (χ3v) is 6.07. The number of hydrogen-bond donors (Lipinski definition) is 2. The molecule has 2 unspecified atom stereocenters. The van der Waals surface area contributed by atoms with Crippen molar-refractivity contribution in [1.82, 2.24) is 10.2 Å². The number of aliphatic hydroxyl groups is 1. The van der Waals surface area contributed by atoms with Gasteiger partial charge in [-0.25, -0.2) is 0 Å². The highest BCUT2D eigenvalue weighted by atomic mass is 16.3. The van der Waals surface area contributed by atoms with Crippen LogP contribution in [0.1, 0.15) is 64.7 Å². The van der Waals surface area contributed by atoms with Gasteiger partial charge in [0.2, 0.25) is 0 Å². The molecule has 1 aliphatic heterocycles. The minimum Gasteiger partial charge on any atom is -0.389 e. The lowest BCUT2D eigenvalue weighted by atomic mass is 9.80. The quantitative estimate of drug-likeness (QED) is 0.831. The molecule has 3 aliphatic rings. The van der Waals surface area contributed by atoms with Crippen LogP contribution in [0.4, 0.5) is 0 Å². The maximum Gasteiger partial charge on any atom is 0.0771 e. The van der Waals surface area contributed by atoms with E-state index in [4.69, 9.17) is 0 Å². The average molecular weight is 280 g/mol. The summed E-state index contributed by atoms with van der Waals surface area (Å²) in [7, 11) is 0. The van der Waals surface area contributed by atoms with Crippen LogP contribution in [0.3, 0.4) is 0 Å². The van der Waals surface area contributed by atoms with Crippen molar-refractivity contribution in [3.63, 3.8) is 0 Å². The molecule has 20 heavy (non-hydrogen) atoms. The molecule has 0 spiro atoms. The number of nitrogens with zero attached hydrogens (tertiary/aromatic N) is 1. The van der Waals surface area contributed by atoms with Crippen LogP contribution in [-0.2, 0) is 0 Å². The summed E-state index contributed by atoms with van der Waals surface area (Å²) < 4.78 is 0. The van der Waals surface area contributed by atoms with Gasteiger partial charge in [-0.15, -0.1) is 0 Å². The molecular formula is C17H32N2O. The number of likely N-dealkylation sites (tertiary alicyclic amines) is 1. The molecule has 1 saturated heterocycles. The van der Waals surface area contributed by atoms with Crippen molar-refractivity contribution in [3.8, 4) is 0 Å². The summed E-state index contributed by atoms with van der Waals surface area (Å²) in [4.78, 5) is 2.75. The van der Waals surface area contributed by atoms with Gasteiger partial charge in [-0.2, -0.15) is 0 Å². The van der Waals surface area contributed by atoms with Crippen molar-refractivity contribution >= 4 is 0 Å². The lowest BCUT2D eigenvalue weighted by molar-refractivity contribution is -0.0352. The fourth-order valence-corrected chi connectivity index (χ4v) is 4.37. The van der Waals surface area contributed by atoms with E-state index in [1.165, 1.54) is 58.0 Å². The van der Waals surface area contributed by atoms with Crippen LogP contribution >= 0.6 is 0 Å². The monoisotopic (exact) mass is 280 g/mol. The smallest absolute Gasteiger partial charge is 0.0771 e. The van der Waals surface area contributed by atoms with E-state index in [1.54, 1.807) is 0 Å². The van der Waals surface area contributed by atoms with Gasteiger partial charge in [0.25, 0.3) is 0 Å². The predicted molar refractivity (Wildman–Crippen MR) is 82.8 cm³/mol. The molecule has 2 saturated carbocycles. The van der Waals surface area contributed by atoms with Gasteiger partial charge >= 0.3 is 0 Å². The third-order valence-electron chi connectivity index (χ3n) is 6.07. The Morgan fingerprint density at radius 3 is 2.35 bits per heavy atom. The summed E-state index contributed by atoms with van der Waals surface area (Å²) in [6.07, 6.45) is 11.4. The summed E-state index contributed by atoms with van der Waals surface area (Å²) in [5, 5.41) is 13.8. The Hall–Kier alpha value is -0.120. The molecule has 0 bridgehead atoms. The normalized spacial score (nSPS) is 35.7. The largest absolute Gasteiger partial charge is 0.389 e. The maximum absolute atomic E-state index is 10.2. The number of rotatable bonds is 4. The van der Waals surface area contributed by atoms with E-state index in [0.29, 0.717) is 6.04 Å². The summed E-state index contributed by atoms with van der Waals surface area (Å²) in [5.41, 5.74) is -0.366. The molecule has 3 heteroatoms. The van der Waals surface area contributed by atoms with Crippen molar-refractivity contribution in [2.24, 2.45) is 5.92 Å². The summed E-state index contributed by atoms with van der Waals surface area (Å²) in [5.74, 6) is 0.893. The summed E-state index contributed by atoms with van der Waals surface area (Å²) in [6, 6.07) is 1.48. The number of piperidine rings is 1. The molecule has 0 radical (unpaired) electrons. The first-order valence-corrected chi connectivity index (χ1v) is 8.86. The molecule has 0 aromatic carbocycles. The molecule has 2 N–H and O–H groups in total. The first-order chi connectivity index (χ1) is 9.66. The Labute approximate surface area is 124 Å². The topological polar surface area (TPSA) is 35.5 Å². The van der Waals surface area contributed by atoms with Crippen LogP contribution in [0.5, 0.6) is 0 Å². The van der Waals surface area contributed by atoms with Gasteiger partial charge in [0.05, 0.1) is 5.60 Å². The molecule has 3 rings (SSSR count). The molecule has 2 aliphatic carbocycles. The van der Waals surface area contributed by atoms with Gasteiger partial charge in [-0.05, 0) is 64.0 Å². The number of hydrogen-bond acceptors (Lipinski definition) is 3. The molecule has 1 heterocycles. The fraction of sp³-hybridized carbons (Fsp3) is 1.00. The van der Waals surface area contributed by atoms with Crippen LogP contribution in [0.15, 0.2) is 0 Å². The first kappa shape index (κ1) is 14.8. The van der Waals surface area contributed by atoms with Gasteiger partial charge in [0.1, 0.15) is 0 Å².